The Hall–Kier alpha value is -2.30. The summed E-state index contributed by atoms with van der Waals surface area (Å²) in [7, 11) is 1.59. The molecule has 0 bridgehead atoms. The van der Waals surface area contributed by atoms with Gasteiger partial charge in [0, 0.05) is 5.56 Å². The molecule has 0 radical (unpaired) electrons. The minimum absolute atomic E-state index is 0.312. The van der Waals surface area contributed by atoms with Crippen molar-refractivity contribution in [1.82, 2.24) is 5.16 Å². The van der Waals surface area contributed by atoms with E-state index in [-0.39, 0.29) is 0 Å². The van der Waals surface area contributed by atoms with Crippen molar-refractivity contribution >= 4 is 5.97 Å². The third-order valence-corrected chi connectivity index (χ3v) is 2.42. The maximum absolute atomic E-state index is 11.7. The minimum Gasteiger partial charge on any atom is -0.497 e. The molecule has 2 aromatic rings. The van der Waals surface area contributed by atoms with Crippen LogP contribution in [0.5, 0.6) is 5.75 Å². The van der Waals surface area contributed by atoms with Gasteiger partial charge in [0.25, 0.3) is 0 Å². The standard InChI is InChI=1S/C13H13NO4/c1-3-17-13(15)11-8-14-18-12(11)9-4-6-10(16-2)7-5-9/h4-8H,3H2,1-2H3. The van der Waals surface area contributed by atoms with Crippen LogP contribution in [-0.4, -0.2) is 24.8 Å². The van der Waals surface area contributed by atoms with Crippen LogP contribution in [0.3, 0.4) is 0 Å². The third-order valence-electron chi connectivity index (χ3n) is 2.42. The zero-order valence-corrected chi connectivity index (χ0v) is 10.2. The molecule has 0 saturated carbocycles. The number of aromatic nitrogens is 1. The Labute approximate surface area is 104 Å². The van der Waals surface area contributed by atoms with Gasteiger partial charge in [-0.05, 0) is 31.2 Å². The van der Waals surface area contributed by atoms with Crippen molar-refractivity contribution in [3.8, 4) is 17.1 Å². The molecule has 2 rings (SSSR count). The smallest absolute Gasteiger partial charge is 0.343 e. The summed E-state index contributed by atoms with van der Waals surface area (Å²) in [6, 6.07) is 7.16. The lowest BCUT2D eigenvalue weighted by atomic mass is 10.1. The van der Waals surface area contributed by atoms with E-state index in [0.29, 0.717) is 17.9 Å². The fourth-order valence-electron chi connectivity index (χ4n) is 1.54. The number of carbonyl (C=O) groups is 1. The highest BCUT2D eigenvalue weighted by Gasteiger charge is 2.18. The molecule has 0 aliphatic heterocycles. The van der Waals surface area contributed by atoms with Crippen molar-refractivity contribution in [2.75, 3.05) is 13.7 Å². The number of rotatable bonds is 4. The Morgan fingerprint density at radius 1 is 1.33 bits per heavy atom. The van der Waals surface area contributed by atoms with Crippen molar-refractivity contribution in [3.05, 3.63) is 36.0 Å². The zero-order valence-electron chi connectivity index (χ0n) is 10.2. The van der Waals surface area contributed by atoms with Crippen molar-refractivity contribution < 1.29 is 18.8 Å². The summed E-state index contributed by atoms with van der Waals surface area (Å²) in [5, 5.41) is 3.64. The molecule has 94 valence electrons. The Kier molecular flexibility index (Phi) is 3.62. The summed E-state index contributed by atoms with van der Waals surface area (Å²) in [6.07, 6.45) is 1.36. The predicted molar refractivity (Wildman–Crippen MR) is 64.4 cm³/mol. The quantitative estimate of drug-likeness (QED) is 0.777. The van der Waals surface area contributed by atoms with Crippen molar-refractivity contribution in [2.45, 2.75) is 6.92 Å². The van der Waals surface area contributed by atoms with Crippen LogP contribution in [0.1, 0.15) is 17.3 Å². The lowest BCUT2D eigenvalue weighted by Gasteiger charge is -2.03. The topological polar surface area (TPSA) is 61.6 Å². The van der Waals surface area contributed by atoms with Gasteiger partial charge in [-0.25, -0.2) is 4.79 Å². The lowest BCUT2D eigenvalue weighted by molar-refractivity contribution is 0.0527. The van der Waals surface area contributed by atoms with E-state index in [1.165, 1.54) is 6.20 Å². The summed E-state index contributed by atoms with van der Waals surface area (Å²) >= 11 is 0. The van der Waals surface area contributed by atoms with Crippen molar-refractivity contribution in [3.63, 3.8) is 0 Å². The highest BCUT2D eigenvalue weighted by Crippen LogP contribution is 2.26. The highest BCUT2D eigenvalue weighted by atomic mass is 16.5. The van der Waals surface area contributed by atoms with Crippen LogP contribution in [0.25, 0.3) is 11.3 Å². The second-order valence-electron chi connectivity index (χ2n) is 3.52. The highest BCUT2D eigenvalue weighted by molar-refractivity contribution is 5.95. The van der Waals surface area contributed by atoms with Gasteiger partial charge in [0.15, 0.2) is 5.76 Å². The largest absolute Gasteiger partial charge is 0.497 e. The van der Waals surface area contributed by atoms with Gasteiger partial charge in [-0.2, -0.15) is 0 Å². The van der Waals surface area contributed by atoms with Gasteiger partial charge < -0.3 is 14.0 Å². The van der Waals surface area contributed by atoms with Crippen LogP contribution in [0, 0.1) is 0 Å². The van der Waals surface area contributed by atoms with E-state index >= 15 is 0 Å². The Balaban J connectivity index is 2.32. The van der Waals surface area contributed by atoms with Crippen molar-refractivity contribution in [2.24, 2.45) is 0 Å². The minimum atomic E-state index is -0.440. The number of ether oxygens (including phenoxy) is 2. The average molecular weight is 247 g/mol. The average Bonchev–Trinajstić information content (AvgIpc) is 2.88. The first-order valence-corrected chi connectivity index (χ1v) is 5.52. The van der Waals surface area contributed by atoms with E-state index in [0.717, 1.165) is 11.3 Å². The van der Waals surface area contributed by atoms with E-state index in [4.69, 9.17) is 14.0 Å². The fraction of sp³-hybridized carbons (Fsp3) is 0.231. The van der Waals surface area contributed by atoms with Gasteiger partial charge in [0.1, 0.15) is 11.3 Å². The third kappa shape index (κ3) is 2.34. The van der Waals surface area contributed by atoms with Crippen molar-refractivity contribution in [1.29, 1.82) is 0 Å². The molecule has 5 nitrogen and oxygen atoms in total. The molecule has 0 amide bonds. The molecule has 1 aromatic heterocycles. The van der Waals surface area contributed by atoms with Crippen LogP contribution >= 0.6 is 0 Å². The van der Waals surface area contributed by atoms with Gasteiger partial charge in [0.2, 0.25) is 0 Å². The fourth-order valence-corrected chi connectivity index (χ4v) is 1.54. The van der Waals surface area contributed by atoms with Gasteiger partial charge in [0.05, 0.1) is 19.9 Å². The molecule has 0 aliphatic rings. The molecular weight excluding hydrogens is 234 g/mol. The van der Waals surface area contributed by atoms with E-state index in [1.54, 1.807) is 38.3 Å². The molecule has 5 heteroatoms. The number of nitrogens with zero attached hydrogens (tertiary/aromatic N) is 1. The SMILES string of the molecule is CCOC(=O)c1cnoc1-c1ccc(OC)cc1. The maximum Gasteiger partial charge on any atom is 0.343 e. The summed E-state index contributed by atoms with van der Waals surface area (Å²) < 4.78 is 15.1. The molecule has 18 heavy (non-hydrogen) atoms. The molecule has 0 spiro atoms. The van der Waals surface area contributed by atoms with Gasteiger partial charge in [-0.15, -0.1) is 0 Å². The van der Waals surface area contributed by atoms with Crippen LogP contribution in [0.4, 0.5) is 0 Å². The second kappa shape index (κ2) is 5.35. The normalized spacial score (nSPS) is 10.1. The molecular formula is C13H13NO4. The summed E-state index contributed by atoms with van der Waals surface area (Å²) in [6.45, 7) is 2.06. The first-order chi connectivity index (χ1) is 8.76. The number of carbonyl (C=O) groups excluding carboxylic acids is 1. The second-order valence-corrected chi connectivity index (χ2v) is 3.52. The Morgan fingerprint density at radius 2 is 2.06 bits per heavy atom. The molecule has 1 heterocycles. The Morgan fingerprint density at radius 3 is 2.67 bits per heavy atom. The number of methoxy groups -OCH3 is 1. The number of esters is 1. The van der Waals surface area contributed by atoms with Gasteiger partial charge >= 0.3 is 5.97 Å². The zero-order chi connectivity index (χ0) is 13.0. The molecule has 0 N–H and O–H groups in total. The van der Waals surface area contributed by atoms with Crippen LogP contribution in [0.2, 0.25) is 0 Å². The van der Waals surface area contributed by atoms with E-state index in [9.17, 15) is 4.79 Å². The first kappa shape index (κ1) is 12.2. The van der Waals surface area contributed by atoms with Crippen LogP contribution < -0.4 is 4.74 Å². The maximum atomic E-state index is 11.7. The van der Waals surface area contributed by atoms with Gasteiger partial charge in [-0.1, -0.05) is 5.16 Å². The summed E-state index contributed by atoms with van der Waals surface area (Å²) in [5.74, 6) is 0.691. The monoisotopic (exact) mass is 247 g/mol. The molecule has 0 atom stereocenters. The summed E-state index contributed by atoms with van der Waals surface area (Å²) in [4.78, 5) is 11.7. The van der Waals surface area contributed by atoms with Gasteiger partial charge in [-0.3, -0.25) is 0 Å². The molecule has 0 unspecified atom stereocenters. The molecule has 0 fully saturated rings. The predicted octanol–water partition coefficient (Wildman–Crippen LogP) is 2.53. The molecule has 0 aliphatic carbocycles. The molecule has 1 aromatic carbocycles. The van der Waals surface area contributed by atoms with Crippen LogP contribution in [-0.2, 0) is 4.74 Å². The number of hydrogen-bond donors (Lipinski definition) is 0. The van der Waals surface area contributed by atoms with E-state index < -0.39 is 5.97 Å². The first-order valence-electron chi connectivity index (χ1n) is 5.52. The van der Waals surface area contributed by atoms with E-state index in [1.807, 2.05) is 0 Å². The lowest BCUT2D eigenvalue weighted by Crippen LogP contribution is -2.04. The van der Waals surface area contributed by atoms with E-state index in [2.05, 4.69) is 5.16 Å². The van der Waals surface area contributed by atoms with Crippen LogP contribution in [0.15, 0.2) is 35.0 Å². The number of hydrogen-bond acceptors (Lipinski definition) is 5. The Bertz CT molecular complexity index is 530. The number of benzene rings is 1. The summed E-state index contributed by atoms with van der Waals surface area (Å²) in [5.41, 5.74) is 1.07. The molecule has 0 saturated heterocycles.